The normalized spacial score (nSPS) is 16.0. The minimum Gasteiger partial charge on any atom is -0.288 e. The van der Waals surface area contributed by atoms with Gasteiger partial charge in [0.05, 0.1) is 15.1 Å². The molecule has 0 atom stereocenters. The van der Waals surface area contributed by atoms with Crippen molar-refractivity contribution >= 4 is 42.6 Å². The van der Waals surface area contributed by atoms with Gasteiger partial charge in [0.1, 0.15) is 0 Å². The first-order valence-corrected chi connectivity index (χ1v) is 13.3. The van der Waals surface area contributed by atoms with Crippen LogP contribution in [0, 0.1) is 5.92 Å². The van der Waals surface area contributed by atoms with Crippen LogP contribution in [-0.4, -0.2) is 43.2 Å². The maximum absolute atomic E-state index is 13.3. The molecule has 0 aliphatic carbocycles. The smallest absolute Gasteiger partial charge is 0.243 e. The zero-order chi connectivity index (χ0) is 22.9. The molecule has 1 aliphatic heterocycles. The number of para-hydroxylation sites is 1. The Bertz CT molecular complexity index is 1160. The van der Waals surface area contributed by atoms with E-state index in [9.17, 15) is 13.2 Å². The van der Waals surface area contributed by atoms with Gasteiger partial charge in [-0.25, -0.2) is 13.4 Å². The highest BCUT2D eigenvalue weighted by molar-refractivity contribution is 7.89. The van der Waals surface area contributed by atoms with Gasteiger partial charge < -0.3 is 0 Å². The second kappa shape index (κ2) is 9.29. The Morgan fingerprint density at radius 3 is 2.38 bits per heavy atom. The van der Waals surface area contributed by atoms with Gasteiger partial charge in [0, 0.05) is 25.6 Å². The number of piperidine rings is 1. The number of carbonyl (C=O) groups is 1. The van der Waals surface area contributed by atoms with Crippen LogP contribution in [0.1, 0.15) is 45.1 Å². The summed E-state index contributed by atoms with van der Waals surface area (Å²) in [5.74, 6) is 0.187. The van der Waals surface area contributed by atoms with Gasteiger partial charge in [-0.05, 0) is 55.5 Å². The predicted octanol–water partition coefficient (Wildman–Crippen LogP) is 4.87. The Morgan fingerprint density at radius 1 is 1.12 bits per heavy atom. The van der Waals surface area contributed by atoms with E-state index < -0.39 is 10.0 Å². The van der Waals surface area contributed by atoms with E-state index in [0.717, 1.165) is 15.8 Å². The van der Waals surface area contributed by atoms with Gasteiger partial charge in [-0.1, -0.05) is 49.4 Å². The third-order valence-electron chi connectivity index (χ3n) is 6.08. The van der Waals surface area contributed by atoms with E-state index in [-0.39, 0.29) is 11.8 Å². The molecular formula is C24H29N3O3S2. The lowest BCUT2D eigenvalue weighted by Crippen LogP contribution is -2.44. The van der Waals surface area contributed by atoms with Crippen molar-refractivity contribution in [3.05, 3.63) is 54.1 Å². The highest BCUT2D eigenvalue weighted by Crippen LogP contribution is 2.32. The van der Waals surface area contributed by atoms with E-state index >= 15 is 0 Å². The van der Waals surface area contributed by atoms with E-state index in [0.29, 0.717) is 48.4 Å². The number of hydrogen-bond donors (Lipinski definition) is 0. The third kappa shape index (κ3) is 4.44. The van der Waals surface area contributed by atoms with Gasteiger partial charge in [-0.15, -0.1) is 0 Å². The van der Waals surface area contributed by atoms with Gasteiger partial charge >= 0.3 is 0 Å². The monoisotopic (exact) mass is 471 g/mol. The van der Waals surface area contributed by atoms with E-state index in [2.05, 4.69) is 18.8 Å². The van der Waals surface area contributed by atoms with Crippen molar-refractivity contribution in [3.8, 4) is 0 Å². The number of nitrogens with zero attached hydrogens (tertiary/aromatic N) is 3. The summed E-state index contributed by atoms with van der Waals surface area (Å²) >= 11 is 1.52. The zero-order valence-electron chi connectivity index (χ0n) is 18.7. The maximum Gasteiger partial charge on any atom is 0.243 e. The van der Waals surface area contributed by atoms with Crippen molar-refractivity contribution in [2.45, 2.75) is 44.4 Å². The summed E-state index contributed by atoms with van der Waals surface area (Å²) < 4.78 is 28.7. The van der Waals surface area contributed by atoms with Gasteiger partial charge in [-0.3, -0.25) is 9.69 Å². The summed E-state index contributed by atoms with van der Waals surface area (Å²) in [7, 11) is -3.55. The minimum absolute atomic E-state index is 0.0323. The largest absolute Gasteiger partial charge is 0.288 e. The first-order chi connectivity index (χ1) is 15.3. The second-order valence-corrected chi connectivity index (χ2v) is 11.4. The first kappa shape index (κ1) is 22.9. The Morgan fingerprint density at radius 2 is 1.78 bits per heavy atom. The quantitative estimate of drug-likeness (QED) is 0.514. The number of fused-ring (bicyclic) bond motifs is 1. The van der Waals surface area contributed by atoms with Crippen LogP contribution in [0.4, 0.5) is 5.13 Å². The third-order valence-corrected chi connectivity index (χ3v) is 9.06. The first-order valence-electron chi connectivity index (χ1n) is 11.1. The molecule has 0 spiro atoms. The number of aromatic nitrogens is 1. The second-order valence-electron chi connectivity index (χ2n) is 8.45. The summed E-state index contributed by atoms with van der Waals surface area (Å²) in [6.07, 6.45) is 1.03. The molecule has 32 heavy (non-hydrogen) atoms. The highest BCUT2D eigenvalue weighted by Gasteiger charge is 2.34. The SMILES string of the molecule is CCN(C(=O)C1CCN(S(=O)(=O)c2ccc(C(C)C)cc2)CC1)c1nc2ccccc2s1. The van der Waals surface area contributed by atoms with E-state index in [1.807, 2.05) is 43.3 Å². The average Bonchev–Trinajstić information content (AvgIpc) is 3.23. The van der Waals surface area contributed by atoms with Crippen molar-refractivity contribution in [1.29, 1.82) is 0 Å². The molecule has 0 N–H and O–H groups in total. The van der Waals surface area contributed by atoms with Gasteiger partial charge in [0.25, 0.3) is 0 Å². The van der Waals surface area contributed by atoms with Crippen molar-refractivity contribution in [3.63, 3.8) is 0 Å². The molecule has 2 aromatic carbocycles. The molecule has 0 radical (unpaired) electrons. The molecule has 1 aromatic heterocycles. The molecule has 1 amide bonds. The predicted molar refractivity (Wildman–Crippen MR) is 130 cm³/mol. The highest BCUT2D eigenvalue weighted by atomic mass is 32.2. The topological polar surface area (TPSA) is 70.6 Å². The van der Waals surface area contributed by atoms with Crippen LogP contribution in [0.25, 0.3) is 10.2 Å². The van der Waals surface area contributed by atoms with E-state index in [1.165, 1.54) is 15.6 Å². The molecule has 1 saturated heterocycles. The van der Waals surface area contributed by atoms with Gasteiger partial charge in [0.2, 0.25) is 15.9 Å². The molecule has 1 aliphatic rings. The molecule has 0 bridgehead atoms. The van der Waals surface area contributed by atoms with Gasteiger partial charge in [0.15, 0.2) is 5.13 Å². The molecule has 4 rings (SSSR count). The van der Waals surface area contributed by atoms with Crippen molar-refractivity contribution < 1.29 is 13.2 Å². The maximum atomic E-state index is 13.3. The number of amides is 1. The summed E-state index contributed by atoms with van der Waals surface area (Å²) in [6, 6.07) is 15.0. The molecule has 3 aromatic rings. The van der Waals surface area contributed by atoms with Crippen LogP contribution in [-0.2, 0) is 14.8 Å². The molecule has 8 heteroatoms. The summed E-state index contributed by atoms with van der Waals surface area (Å²) in [5.41, 5.74) is 2.01. The molecule has 2 heterocycles. The summed E-state index contributed by atoms with van der Waals surface area (Å²) in [4.78, 5) is 19.9. The summed E-state index contributed by atoms with van der Waals surface area (Å²) in [6.45, 7) is 7.35. The number of hydrogen-bond acceptors (Lipinski definition) is 5. The number of anilines is 1. The van der Waals surface area contributed by atoms with Crippen LogP contribution >= 0.6 is 11.3 Å². The molecule has 0 unspecified atom stereocenters. The summed E-state index contributed by atoms with van der Waals surface area (Å²) in [5, 5.41) is 0.707. The van der Waals surface area contributed by atoms with Crippen LogP contribution in [0.5, 0.6) is 0 Å². The number of sulfonamides is 1. The Kier molecular flexibility index (Phi) is 6.65. The van der Waals surface area contributed by atoms with Crippen LogP contribution in [0.15, 0.2) is 53.4 Å². The van der Waals surface area contributed by atoms with Crippen LogP contribution in [0.2, 0.25) is 0 Å². The van der Waals surface area contributed by atoms with Crippen molar-refractivity contribution in [2.75, 3.05) is 24.5 Å². The minimum atomic E-state index is -3.55. The molecule has 1 fully saturated rings. The Hall–Kier alpha value is -2.29. The van der Waals surface area contributed by atoms with Crippen LogP contribution in [0.3, 0.4) is 0 Å². The molecule has 170 valence electrons. The molecule has 0 saturated carbocycles. The Balaban J connectivity index is 1.44. The van der Waals surface area contributed by atoms with Crippen molar-refractivity contribution in [2.24, 2.45) is 5.92 Å². The number of benzene rings is 2. The molecule has 6 nitrogen and oxygen atoms in total. The Labute approximate surface area is 193 Å². The fraction of sp³-hybridized carbons (Fsp3) is 0.417. The fourth-order valence-corrected chi connectivity index (χ4v) is 6.60. The fourth-order valence-electron chi connectivity index (χ4n) is 4.10. The lowest BCUT2D eigenvalue weighted by molar-refractivity contribution is -0.123. The average molecular weight is 472 g/mol. The lowest BCUT2D eigenvalue weighted by Gasteiger charge is -2.32. The lowest BCUT2D eigenvalue weighted by atomic mass is 9.96. The van der Waals surface area contributed by atoms with E-state index in [1.54, 1.807) is 17.0 Å². The number of rotatable bonds is 6. The van der Waals surface area contributed by atoms with E-state index in [4.69, 9.17) is 0 Å². The molecular weight excluding hydrogens is 442 g/mol. The van der Waals surface area contributed by atoms with Crippen LogP contribution < -0.4 is 4.90 Å². The number of carbonyl (C=O) groups excluding carboxylic acids is 1. The standard InChI is InChI=1S/C24H29N3O3S2/c1-4-27(24-25-21-7-5-6-8-22(21)31-24)23(28)19-13-15-26(16-14-19)32(29,30)20-11-9-18(10-12-20)17(2)3/h5-12,17,19H,4,13-16H2,1-3H3. The van der Waals surface area contributed by atoms with Crippen molar-refractivity contribution in [1.82, 2.24) is 9.29 Å². The van der Waals surface area contributed by atoms with Gasteiger partial charge in [-0.2, -0.15) is 4.31 Å². The zero-order valence-corrected chi connectivity index (χ0v) is 20.3. The number of thiazole rings is 1.